The van der Waals surface area contributed by atoms with Crippen molar-refractivity contribution in [1.82, 2.24) is 0 Å². The molecule has 0 aliphatic carbocycles. The van der Waals surface area contributed by atoms with Gasteiger partial charge in [-0.25, -0.2) is 0 Å². The number of ether oxygens (including phenoxy) is 1. The third-order valence-corrected chi connectivity index (χ3v) is 2.95. The van der Waals surface area contributed by atoms with E-state index in [0.717, 1.165) is 11.1 Å². The van der Waals surface area contributed by atoms with Crippen molar-refractivity contribution in [1.29, 1.82) is 0 Å². The average Bonchev–Trinajstić information content (AvgIpc) is 2.23. The molecule has 0 saturated carbocycles. The first-order valence-electron chi connectivity index (χ1n) is 4.78. The molecule has 0 radical (unpaired) electrons. The molecule has 0 amide bonds. The zero-order valence-electron chi connectivity index (χ0n) is 9.17. The third-order valence-electron chi connectivity index (χ3n) is 2.56. The van der Waals surface area contributed by atoms with Crippen molar-refractivity contribution >= 4 is 11.6 Å². The highest BCUT2D eigenvalue weighted by Crippen LogP contribution is 2.40. The van der Waals surface area contributed by atoms with Gasteiger partial charge in [0.25, 0.3) is 0 Å². The maximum atomic E-state index is 9.96. The van der Waals surface area contributed by atoms with Gasteiger partial charge in [-0.05, 0) is 25.5 Å². The lowest BCUT2D eigenvalue weighted by Crippen LogP contribution is -2.09. The van der Waals surface area contributed by atoms with Gasteiger partial charge in [-0.15, -0.1) is 0 Å². The fourth-order valence-corrected chi connectivity index (χ4v) is 1.69. The molecule has 3 nitrogen and oxygen atoms in total. The van der Waals surface area contributed by atoms with Crippen LogP contribution >= 0.6 is 11.6 Å². The van der Waals surface area contributed by atoms with Gasteiger partial charge in [0.15, 0.2) is 11.5 Å². The molecule has 0 spiro atoms. The topological polar surface area (TPSA) is 55.5 Å². The molecule has 0 bridgehead atoms. The van der Waals surface area contributed by atoms with Gasteiger partial charge in [-0.2, -0.15) is 0 Å². The van der Waals surface area contributed by atoms with Gasteiger partial charge in [0.05, 0.1) is 7.11 Å². The molecule has 15 heavy (non-hydrogen) atoms. The van der Waals surface area contributed by atoms with Gasteiger partial charge in [-0.3, -0.25) is 0 Å². The lowest BCUT2D eigenvalue weighted by molar-refractivity contribution is 0.366. The standard InChI is InChI=1S/C11H16ClNO2/c1-6(5-13)8-4-9(12)7(2)11(15-3)10(8)14/h4,6,14H,5,13H2,1-3H3. The van der Waals surface area contributed by atoms with Crippen LogP contribution in [0.3, 0.4) is 0 Å². The molecule has 0 aromatic heterocycles. The number of hydrogen-bond donors (Lipinski definition) is 2. The number of aromatic hydroxyl groups is 1. The Morgan fingerprint density at radius 2 is 2.20 bits per heavy atom. The highest BCUT2D eigenvalue weighted by molar-refractivity contribution is 6.31. The van der Waals surface area contributed by atoms with Crippen molar-refractivity contribution in [2.75, 3.05) is 13.7 Å². The predicted octanol–water partition coefficient (Wildman–Crippen LogP) is 2.42. The second-order valence-corrected chi connectivity index (χ2v) is 4.00. The summed E-state index contributed by atoms with van der Waals surface area (Å²) in [6, 6.07) is 1.74. The molecule has 0 aliphatic rings. The van der Waals surface area contributed by atoms with Crippen LogP contribution in [0.4, 0.5) is 0 Å². The van der Waals surface area contributed by atoms with Crippen LogP contribution in [0.2, 0.25) is 5.02 Å². The number of nitrogens with two attached hydrogens (primary N) is 1. The normalized spacial score (nSPS) is 12.6. The average molecular weight is 230 g/mol. The van der Waals surface area contributed by atoms with E-state index in [2.05, 4.69) is 0 Å². The largest absolute Gasteiger partial charge is 0.504 e. The Morgan fingerprint density at radius 1 is 1.60 bits per heavy atom. The van der Waals surface area contributed by atoms with E-state index in [4.69, 9.17) is 22.1 Å². The quantitative estimate of drug-likeness (QED) is 0.837. The van der Waals surface area contributed by atoms with Crippen LogP contribution in [0.15, 0.2) is 6.07 Å². The van der Waals surface area contributed by atoms with Crippen molar-refractivity contribution in [2.24, 2.45) is 5.73 Å². The molecule has 4 heteroatoms. The highest BCUT2D eigenvalue weighted by Gasteiger charge is 2.17. The van der Waals surface area contributed by atoms with Crippen molar-refractivity contribution in [3.63, 3.8) is 0 Å². The Balaban J connectivity index is 3.36. The van der Waals surface area contributed by atoms with Crippen LogP contribution in [-0.4, -0.2) is 18.8 Å². The lowest BCUT2D eigenvalue weighted by Gasteiger charge is -2.16. The van der Waals surface area contributed by atoms with E-state index in [1.165, 1.54) is 7.11 Å². The number of hydrogen-bond acceptors (Lipinski definition) is 3. The van der Waals surface area contributed by atoms with Gasteiger partial charge in [0.1, 0.15) is 0 Å². The highest BCUT2D eigenvalue weighted by atomic mass is 35.5. The molecule has 1 unspecified atom stereocenters. The van der Waals surface area contributed by atoms with Crippen LogP contribution in [0.5, 0.6) is 11.5 Å². The first-order chi connectivity index (χ1) is 7.02. The van der Waals surface area contributed by atoms with Crippen molar-refractivity contribution in [3.05, 3.63) is 22.2 Å². The van der Waals surface area contributed by atoms with Crippen LogP contribution in [0.1, 0.15) is 24.0 Å². The summed E-state index contributed by atoms with van der Waals surface area (Å²) in [4.78, 5) is 0. The Kier molecular flexibility index (Phi) is 3.83. The Morgan fingerprint density at radius 3 is 2.67 bits per heavy atom. The smallest absolute Gasteiger partial charge is 0.165 e. The fraction of sp³-hybridized carbons (Fsp3) is 0.455. The van der Waals surface area contributed by atoms with E-state index in [-0.39, 0.29) is 11.7 Å². The first-order valence-corrected chi connectivity index (χ1v) is 5.16. The number of methoxy groups -OCH3 is 1. The molecular formula is C11H16ClNO2. The van der Waals surface area contributed by atoms with Crippen molar-refractivity contribution < 1.29 is 9.84 Å². The van der Waals surface area contributed by atoms with Crippen molar-refractivity contribution in [2.45, 2.75) is 19.8 Å². The summed E-state index contributed by atoms with van der Waals surface area (Å²) in [6.07, 6.45) is 0. The summed E-state index contributed by atoms with van der Waals surface area (Å²) in [5.74, 6) is 0.618. The minimum absolute atomic E-state index is 0.0528. The monoisotopic (exact) mass is 229 g/mol. The molecule has 0 aliphatic heterocycles. The fourth-order valence-electron chi connectivity index (χ4n) is 1.48. The number of phenols is 1. The van der Waals surface area contributed by atoms with E-state index >= 15 is 0 Å². The van der Waals surface area contributed by atoms with Crippen LogP contribution in [0, 0.1) is 6.92 Å². The van der Waals surface area contributed by atoms with Gasteiger partial charge >= 0.3 is 0 Å². The van der Waals surface area contributed by atoms with Crippen LogP contribution < -0.4 is 10.5 Å². The zero-order chi connectivity index (χ0) is 11.6. The Bertz CT molecular complexity index is 366. The van der Waals surface area contributed by atoms with E-state index in [1.54, 1.807) is 13.0 Å². The maximum absolute atomic E-state index is 9.96. The maximum Gasteiger partial charge on any atom is 0.165 e. The van der Waals surface area contributed by atoms with E-state index in [1.807, 2.05) is 6.92 Å². The van der Waals surface area contributed by atoms with Gasteiger partial charge < -0.3 is 15.6 Å². The Labute approximate surface area is 94.8 Å². The summed E-state index contributed by atoms with van der Waals surface area (Å²) in [7, 11) is 1.51. The summed E-state index contributed by atoms with van der Waals surface area (Å²) in [5, 5.41) is 10.5. The van der Waals surface area contributed by atoms with Crippen molar-refractivity contribution in [3.8, 4) is 11.5 Å². The molecule has 0 saturated heterocycles. The molecule has 1 atom stereocenters. The number of phenolic OH excluding ortho intramolecular Hbond substituents is 1. The molecule has 1 rings (SSSR count). The number of rotatable bonds is 3. The molecule has 0 heterocycles. The summed E-state index contributed by atoms with van der Waals surface area (Å²) in [5.41, 5.74) is 7.02. The number of halogens is 1. The molecule has 1 aromatic carbocycles. The Hall–Kier alpha value is -0.930. The van der Waals surface area contributed by atoms with Crippen LogP contribution in [-0.2, 0) is 0 Å². The van der Waals surface area contributed by atoms with E-state index in [0.29, 0.717) is 17.3 Å². The summed E-state index contributed by atoms with van der Waals surface area (Å²) in [6.45, 7) is 4.19. The molecule has 1 aromatic rings. The lowest BCUT2D eigenvalue weighted by atomic mass is 9.98. The molecule has 3 N–H and O–H groups in total. The number of benzene rings is 1. The summed E-state index contributed by atoms with van der Waals surface area (Å²) >= 11 is 6.04. The molecule has 84 valence electrons. The van der Waals surface area contributed by atoms with Gasteiger partial charge in [0.2, 0.25) is 0 Å². The van der Waals surface area contributed by atoms with Crippen LogP contribution in [0.25, 0.3) is 0 Å². The summed E-state index contributed by atoms with van der Waals surface area (Å²) < 4.78 is 5.12. The minimum Gasteiger partial charge on any atom is -0.504 e. The molecular weight excluding hydrogens is 214 g/mol. The second-order valence-electron chi connectivity index (χ2n) is 3.59. The predicted molar refractivity (Wildman–Crippen MR) is 61.9 cm³/mol. The second kappa shape index (κ2) is 4.73. The SMILES string of the molecule is COc1c(C)c(Cl)cc(C(C)CN)c1O. The third kappa shape index (κ3) is 2.19. The first kappa shape index (κ1) is 12.1. The van der Waals surface area contributed by atoms with E-state index in [9.17, 15) is 5.11 Å². The van der Waals surface area contributed by atoms with E-state index < -0.39 is 0 Å². The molecule has 0 fully saturated rings. The zero-order valence-corrected chi connectivity index (χ0v) is 9.93. The van der Waals surface area contributed by atoms with Gasteiger partial charge in [0, 0.05) is 16.1 Å². The van der Waals surface area contributed by atoms with Gasteiger partial charge in [-0.1, -0.05) is 18.5 Å². The minimum atomic E-state index is 0.0528.